The van der Waals surface area contributed by atoms with Crippen molar-refractivity contribution in [3.63, 3.8) is 0 Å². The molecule has 0 spiro atoms. The fourth-order valence-electron chi connectivity index (χ4n) is 3.30. The molecule has 9 nitrogen and oxygen atoms in total. The van der Waals surface area contributed by atoms with Crippen LogP contribution in [0.3, 0.4) is 0 Å². The van der Waals surface area contributed by atoms with Crippen molar-refractivity contribution < 1.29 is 9.47 Å². The van der Waals surface area contributed by atoms with Crippen LogP contribution in [-0.4, -0.2) is 78.7 Å². The van der Waals surface area contributed by atoms with Crippen LogP contribution in [0.15, 0.2) is 29.3 Å². The molecule has 0 aliphatic carbocycles. The molecule has 9 heteroatoms. The Kier molecular flexibility index (Phi) is 8.46. The molecule has 1 aromatic heterocycles. The Bertz CT molecular complexity index is 815. The summed E-state index contributed by atoms with van der Waals surface area (Å²) < 4.78 is 12.8. The molecule has 2 N–H and O–H groups in total. The van der Waals surface area contributed by atoms with Crippen LogP contribution >= 0.6 is 0 Å². The van der Waals surface area contributed by atoms with E-state index in [9.17, 15) is 0 Å². The van der Waals surface area contributed by atoms with Gasteiger partial charge >= 0.3 is 0 Å². The number of nitrogens with zero attached hydrogens (tertiary/aromatic N) is 5. The first-order valence-corrected chi connectivity index (χ1v) is 10.5. The van der Waals surface area contributed by atoms with E-state index in [-0.39, 0.29) is 0 Å². The lowest BCUT2D eigenvalue weighted by Gasteiger charge is -2.26. The van der Waals surface area contributed by atoms with E-state index < -0.39 is 0 Å². The molecule has 0 radical (unpaired) electrons. The summed E-state index contributed by atoms with van der Waals surface area (Å²) in [5.74, 6) is 3.41. The highest BCUT2D eigenvalue weighted by Crippen LogP contribution is 2.17. The van der Waals surface area contributed by atoms with Crippen LogP contribution in [-0.2, 0) is 24.8 Å². The second-order valence-corrected chi connectivity index (χ2v) is 7.26. The van der Waals surface area contributed by atoms with E-state index in [1.807, 2.05) is 36.7 Å². The number of aryl methyl sites for hydroxylation is 1. The van der Waals surface area contributed by atoms with Gasteiger partial charge in [-0.25, -0.2) is 4.99 Å². The largest absolute Gasteiger partial charge is 0.496 e. The van der Waals surface area contributed by atoms with Crippen molar-refractivity contribution in [2.75, 3.05) is 53.0 Å². The number of rotatable bonds is 9. The Morgan fingerprint density at radius 3 is 2.67 bits per heavy atom. The van der Waals surface area contributed by atoms with Crippen LogP contribution in [0.5, 0.6) is 5.75 Å². The number of ether oxygens (including phenoxy) is 2. The molecule has 0 atom stereocenters. The summed E-state index contributed by atoms with van der Waals surface area (Å²) in [4.78, 5) is 7.12. The number of morpholine rings is 1. The minimum Gasteiger partial charge on any atom is -0.496 e. The van der Waals surface area contributed by atoms with E-state index >= 15 is 0 Å². The maximum atomic E-state index is 5.45. The lowest BCUT2D eigenvalue weighted by molar-refractivity contribution is 0.0389. The maximum absolute atomic E-state index is 5.45. The molecule has 2 heterocycles. The molecule has 1 aliphatic heterocycles. The van der Waals surface area contributed by atoms with E-state index in [1.54, 1.807) is 7.11 Å². The molecule has 0 unspecified atom stereocenters. The Morgan fingerprint density at radius 1 is 1.17 bits per heavy atom. The van der Waals surface area contributed by atoms with E-state index in [1.165, 1.54) is 5.56 Å². The van der Waals surface area contributed by atoms with Crippen molar-refractivity contribution >= 4 is 5.96 Å². The fourth-order valence-corrected chi connectivity index (χ4v) is 3.30. The molecule has 3 rings (SSSR count). The van der Waals surface area contributed by atoms with Crippen molar-refractivity contribution in [3.8, 4) is 5.75 Å². The van der Waals surface area contributed by atoms with E-state index in [0.717, 1.165) is 75.7 Å². The summed E-state index contributed by atoms with van der Waals surface area (Å²) in [7, 11) is 3.66. The van der Waals surface area contributed by atoms with Gasteiger partial charge in [0.05, 0.1) is 20.3 Å². The molecule has 1 saturated heterocycles. The van der Waals surface area contributed by atoms with Gasteiger partial charge in [0.25, 0.3) is 0 Å². The average molecular weight is 416 g/mol. The molecule has 1 aromatic carbocycles. The number of hydrogen-bond acceptors (Lipinski definition) is 6. The highest BCUT2D eigenvalue weighted by molar-refractivity contribution is 5.79. The van der Waals surface area contributed by atoms with Crippen LogP contribution in [0, 0.1) is 6.92 Å². The van der Waals surface area contributed by atoms with Crippen molar-refractivity contribution in [1.82, 2.24) is 30.3 Å². The minimum atomic E-state index is 0.471. The molecule has 2 aromatic rings. The SMILES string of the molecule is COc1ccccc1CCNC(=NCc1nnc(C)n1C)NCCN1CCOCC1. The maximum Gasteiger partial charge on any atom is 0.191 e. The second-order valence-electron chi connectivity index (χ2n) is 7.26. The van der Waals surface area contributed by atoms with E-state index in [2.05, 4.69) is 31.8 Å². The number of guanidine groups is 1. The summed E-state index contributed by atoms with van der Waals surface area (Å²) in [5.41, 5.74) is 1.17. The average Bonchev–Trinajstić information content (AvgIpc) is 3.10. The summed E-state index contributed by atoms with van der Waals surface area (Å²) >= 11 is 0. The Balaban J connectivity index is 1.56. The third-order valence-electron chi connectivity index (χ3n) is 5.26. The Morgan fingerprint density at radius 2 is 1.93 bits per heavy atom. The van der Waals surface area contributed by atoms with Crippen molar-refractivity contribution in [3.05, 3.63) is 41.5 Å². The zero-order valence-corrected chi connectivity index (χ0v) is 18.2. The molecule has 0 saturated carbocycles. The normalized spacial score (nSPS) is 15.2. The topological polar surface area (TPSA) is 88.8 Å². The van der Waals surface area contributed by atoms with Gasteiger partial charge in [0.1, 0.15) is 18.1 Å². The molecule has 30 heavy (non-hydrogen) atoms. The van der Waals surface area contributed by atoms with Gasteiger partial charge in [0.2, 0.25) is 0 Å². The molecular formula is C21H33N7O2. The van der Waals surface area contributed by atoms with Gasteiger partial charge in [-0.2, -0.15) is 0 Å². The second kappa shape index (κ2) is 11.5. The summed E-state index contributed by atoms with van der Waals surface area (Å²) in [5, 5.41) is 15.2. The predicted molar refractivity (Wildman–Crippen MR) is 117 cm³/mol. The summed E-state index contributed by atoms with van der Waals surface area (Å²) in [6.45, 7) is 8.51. The number of nitrogens with one attached hydrogen (secondary N) is 2. The highest BCUT2D eigenvalue weighted by Gasteiger charge is 2.10. The minimum absolute atomic E-state index is 0.471. The third kappa shape index (κ3) is 6.43. The first-order valence-electron chi connectivity index (χ1n) is 10.5. The van der Waals surface area contributed by atoms with Gasteiger partial charge in [0.15, 0.2) is 11.8 Å². The van der Waals surface area contributed by atoms with Gasteiger partial charge < -0.3 is 24.7 Å². The highest BCUT2D eigenvalue weighted by atomic mass is 16.5. The van der Waals surface area contributed by atoms with Crippen molar-refractivity contribution in [1.29, 1.82) is 0 Å². The zero-order valence-electron chi connectivity index (χ0n) is 18.2. The third-order valence-corrected chi connectivity index (χ3v) is 5.26. The molecule has 0 bridgehead atoms. The van der Waals surface area contributed by atoms with Crippen LogP contribution < -0.4 is 15.4 Å². The number of benzene rings is 1. The molecule has 1 aliphatic rings. The smallest absolute Gasteiger partial charge is 0.191 e. The zero-order chi connectivity index (χ0) is 21.2. The lowest BCUT2D eigenvalue weighted by atomic mass is 10.1. The Hall–Kier alpha value is -2.65. The van der Waals surface area contributed by atoms with Crippen LogP contribution in [0.1, 0.15) is 17.2 Å². The predicted octanol–water partition coefficient (Wildman–Crippen LogP) is 0.742. The van der Waals surface area contributed by atoms with Gasteiger partial charge in [-0.15, -0.1) is 10.2 Å². The summed E-state index contributed by atoms with van der Waals surface area (Å²) in [6, 6.07) is 8.09. The van der Waals surface area contributed by atoms with Crippen molar-refractivity contribution in [2.24, 2.45) is 12.0 Å². The molecule has 164 valence electrons. The number of hydrogen-bond donors (Lipinski definition) is 2. The number of aliphatic imine (C=N–C) groups is 1. The molecule has 0 amide bonds. The first kappa shape index (κ1) is 22.0. The Labute approximate surface area is 178 Å². The molecular weight excluding hydrogens is 382 g/mol. The monoisotopic (exact) mass is 415 g/mol. The summed E-state index contributed by atoms with van der Waals surface area (Å²) in [6.07, 6.45) is 0.844. The van der Waals surface area contributed by atoms with Crippen molar-refractivity contribution in [2.45, 2.75) is 19.9 Å². The van der Waals surface area contributed by atoms with E-state index in [0.29, 0.717) is 6.54 Å². The van der Waals surface area contributed by atoms with Crippen LogP contribution in [0.4, 0.5) is 0 Å². The lowest BCUT2D eigenvalue weighted by Crippen LogP contribution is -2.44. The first-order chi connectivity index (χ1) is 14.7. The van der Waals surface area contributed by atoms with Crippen LogP contribution in [0.2, 0.25) is 0 Å². The van der Waals surface area contributed by atoms with Gasteiger partial charge in [-0.3, -0.25) is 4.90 Å². The number of aromatic nitrogens is 3. The van der Waals surface area contributed by atoms with Crippen LogP contribution in [0.25, 0.3) is 0 Å². The van der Waals surface area contributed by atoms with Gasteiger partial charge in [0, 0.05) is 39.8 Å². The van der Waals surface area contributed by atoms with Gasteiger partial charge in [-0.05, 0) is 25.0 Å². The quantitative estimate of drug-likeness (QED) is 0.461. The fraction of sp³-hybridized carbons (Fsp3) is 0.571. The standard InChI is InChI=1S/C21H33N7O2/c1-17-25-26-20(27(17)2)16-24-21(23-10-11-28-12-14-30-15-13-28)22-9-8-18-6-4-5-7-19(18)29-3/h4-7H,8-16H2,1-3H3,(H2,22,23,24). The van der Waals surface area contributed by atoms with E-state index in [4.69, 9.17) is 14.5 Å². The van der Waals surface area contributed by atoms with Gasteiger partial charge in [-0.1, -0.05) is 18.2 Å². The number of methoxy groups -OCH3 is 1. The number of para-hydroxylation sites is 1. The molecule has 1 fully saturated rings.